The Bertz CT molecular complexity index is 1220. The van der Waals surface area contributed by atoms with Crippen LogP contribution in [0.2, 0.25) is 0 Å². The lowest BCUT2D eigenvalue weighted by Gasteiger charge is -2.23. The standard InChI is InChI=1S/C31H39NO8/c1-19(33)18-32-27(36)17-25(21-12-14-24(39-3)15-13-21)29-26(35)16-22-9-5-4-6-10-23(34)11-7-8-20(2)40-31(38)28(22)30(29)37/h5,9,12-16,19-20,25,33,35,37H,4,6-8,10-11,17-18H2,1-3H3,(H,32,36)/b9-5+/t19?,20-,25?/m0/s1. The zero-order chi connectivity index (χ0) is 29.2. The van der Waals surface area contributed by atoms with E-state index in [2.05, 4.69) is 5.32 Å². The summed E-state index contributed by atoms with van der Waals surface area (Å²) in [4.78, 5) is 38.3. The summed E-state index contributed by atoms with van der Waals surface area (Å²) in [6.07, 6.45) is 5.19. The number of phenols is 2. The lowest BCUT2D eigenvalue weighted by atomic mass is 9.84. The molecule has 1 aliphatic rings. The summed E-state index contributed by atoms with van der Waals surface area (Å²) in [7, 11) is 1.53. The average molecular weight is 554 g/mol. The van der Waals surface area contributed by atoms with Crippen molar-refractivity contribution in [3.05, 3.63) is 58.7 Å². The average Bonchev–Trinajstić information content (AvgIpc) is 2.90. The van der Waals surface area contributed by atoms with Gasteiger partial charge in [0.2, 0.25) is 5.91 Å². The van der Waals surface area contributed by atoms with E-state index in [1.165, 1.54) is 13.2 Å². The predicted octanol–water partition coefficient (Wildman–Crippen LogP) is 4.61. The number of rotatable bonds is 7. The molecule has 0 aliphatic carbocycles. The number of esters is 1. The summed E-state index contributed by atoms with van der Waals surface area (Å²) >= 11 is 0. The van der Waals surface area contributed by atoms with E-state index in [1.807, 2.05) is 0 Å². The van der Waals surface area contributed by atoms with Crippen LogP contribution in [0, 0.1) is 0 Å². The smallest absolute Gasteiger partial charge is 0.342 e. The Morgan fingerprint density at radius 1 is 1.15 bits per heavy atom. The lowest BCUT2D eigenvalue weighted by molar-refractivity contribution is -0.122. The maximum Gasteiger partial charge on any atom is 0.342 e. The summed E-state index contributed by atoms with van der Waals surface area (Å²) in [5, 5.41) is 34.9. The molecule has 2 aromatic carbocycles. The number of aromatic hydroxyl groups is 2. The van der Waals surface area contributed by atoms with Gasteiger partial charge in [-0.2, -0.15) is 0 Å². The second-order valence-electron chi connectivity index (χ2n) is 10.2. The number of phenolic OH excluding ortho intramolecular Hbond substituents is 2. The number of benzene rings is 2. The number of amides is 1. The summed E-state index contributed by atoms with van der Waals surface area (Å²) < 4.78 is 10.9. The zero-order valence-corrected chi connectivity index (χ0v) is 23.3. The maximum atomic E-state index is 13.4. The fourth-order valence-electron chi connectivity index (χ4n) is 4.76. The van der Waals surface area contributed by atoms with Gasteiger partial charge in [-0.3, -0.25) is 9.59 Å². The van der Waals surface area contributed by atoms with Crippen LogP contribution in [0.4, 0.5) is 0 Å². The number of carbonyl (C=O) groups excluding carboxylic acids is 3. The summed E-state index contributed by atoms with van der Waals surface area (Å²) in [5.41, 5.74) is 0.778. The summed E-state index contributed by atoms with van der Waals surface area (Å²) in [5.74, 6) is -2.01. The minimum Gasteiger partial charge on any atom is -0.507 e. The van der Waals surface area contributed by atoms with Gasteiger partial charge in [-0.05, 0) is 68.9 Å². The topological polar surface area (TPSA) is 142 Å². The molecule has 40 heavy (non-hydrogen) atoms. The molecule has 3 rings (SSSR count). The number of methoxy groups -OCH3 is 1. The van der Waals surface area contributed by atoms with Crippen molar-refractivity contribution in [2.75, 3.05) is 13.7 Å². The van der Waals surface area contributed by atoms with Gasteiger partial charge in [0.05, 0.1) is 19.3 Å². The quantitative estimate of drug-likeness (QED) is 0.364. The largest absolute Gasteiger partial charge is 0.507 e. The van der Waals surface area contributed by atoms with Gasteiger partial charge in [0.1, 0.15) is 28.6 Å². The molecule has 1 heterocycles. The van der Waals surface area contributed by atoms with E-state index in [0.717, 1.165) is 0 Å². The molecule has 1 aliphatic heterocycles. The molecule has 9 nitrogen and oxygen atoms in total. The number of aliphatic hydroxyl groups is 1. The highest BCUT2D eigenvalue weighted by molar-refractivity contribution is 5.98. The normalized spacial score (nSPS) is 18.9. The number of cyclic esters (lactones) is 1. The summed E-state index contributed by atoms with van der Waals surface area (Å²) in [6, 6.07) is 8.23. The highest BCUT2D eigenvalue weighted by atomic mass is 16.5. The minimum atomic E-state index is -0.835. The first-order valence-corrected chi connectivity index (χ1v) is 13.7. The van der Waals surface area contributed by atoms with E-state index in [1.54, 1.807) is 50.3 Å². The second kappa shape index (κ2) is 14.5. The van der Waals surface area contributed by atoms with Gasteiger partial charge in [0, 0.05) is 37.3 Å². The van der Waals surface area contributed by atoms with Crippen molar-refractivity contribution in [3.63, 3.8) is 0 Å². The molecule has 0 saturated carbocycles. The number of ether oxygens (including phenoxy) is 2. The molecule has 4 N–H and O–H groups in total. The molecule has 0 radical (unpaired) electrons. The molecule has 3 atom stereocenters. The van der Waals surface area contributed by atoms with Crippen LogP contribution < -0.4 is 10.1 Å². The van der Waals surface area contributed by atoms with Crippen molar-refractivity contribution >= 4 is 23.7 Å². The van der Waals surface area contributed by atoms with Crippen LogP contribution in [0.3, 0.4) is 0 Å². The van der Waals surface area contributed by atoms with E-state index in [4.69, 9.17) is 9.47 Å². The van der Waals surface area contributed by atoms with Gasteiger partial charge < -0.3 is 30.1 Å². The number of allylic oxidation sites excluding steroid dienone is 1. The van der Waals surface area contributed by atoms with Gasteiger partial charge in [0.25, 0.3) is 0 Å². The molecule has 1 amide bonds. The number of aliphatic hydroxyl groups excluding tert-OH is 1. The second-order valence-corrected chi connectivity index (χ2v) is 10.2. The van der Waals surface area contributed by atoms with Gasteiger partial charge in [-0.1, -0.05) is 24.3 Å². The van der Waals surface area contributed by atoms with Crippen molar-refractivity contribution in [2.45, 2.75) is 76.9 Å². The fraction of sp³-hybridized carbons (Fsp3) is 0.452. The van der Waals surface area contributed by atoms with E-state index < -0.39 is 35.8 Å². The first-order chi connectivity index (χ1) is 19.1. The van der Waals surface area contributed by atoms with Crippen LogP contribution in [0.15, 0.2) is 36.4 Å². The molecule has 0 saturated heterocycles. The molecule has 2 unspecified atom stereocenters. The van der Waals surface area contributed by atoms with Crippen LogP contribution in [0.1, 0.15) is 91.8 Å². The number of Topliss-reactive ketones (excluding diaryl/α,β-unsaturated/α-hetero) is 1. The molecule has 216 valence electrons. The fourth-order valence-corrected chi connectivity index (χ4v) is 4.76. The van der Waals surface area contributed by atoms with E-state index >= 15 is 0 Å². The number of fused-ring (bicyclic) bond motifs is 1. The minimum absolute atomic E-state index is 0.0147. The Kier molecular flexibility index (Phi) is 11.1. The van der Waals surface area contributed by atoms with Crippen LogP contribution in [0.25, 0.3) is 6.08 Å². The van der Waals surface area contributed by atoms with Crippen molar-refractivity contribution < 1.29 is 39.2 Å². The Morgan fingerprint density at radius 3 is 2.52 bits per heavy atom. The maximum absolute atomic E-state index is 13.4. The first kappa shape index (κ1) is 30.7. The lowest BCUT2D eigenvalue weighted by Crippen LogP contribution is -2.31. The number of hydrogen-bond acceptors (Lipinski definition) is 8. The Morgan fingerprint density at radius 2 is 1.85 bits per heavy atom. The third kappa shape index (κ3) is 8.32. The van der Waals surface area contributed by atoms with Crippen LogP contribution in [-0.2, 0) is 14.3 Å². The highest BCUT2D eigenvalue weighted by Gasteiger charge is 2.31. The van der Waals surface area contributed by atoms with Crippen molar-refractivity contribution in [2.24, 2.45) is 0 Å². The predicted molar refractivity (Wildman–Crippen MR) is 151 cm³/mol. The van der Waals surface area contributed by atoms with Gasteiger partial charge in [0.15, 0.2) is 0 Å². The SMILES string of the molecule is COc1ccc(C(CC(=O)NCC(C)O)c2c(O)cc3c(c2O)C(=O)O[C@@H](C)CCCC(=O)CCC/C=C/3)cc1. The van der Waals surface area contributed by atoms with Crippen molar-refractivity contribution in [1.29, 1.82) is 0 Å². The third-order valence-corrected chi connectivity index (χ3v) is 6.90. The molecule has 0 bridgehead atoms. The van der Waals surface area contributed by atoms with E-state index in [0.29, 0.717) is 49.8 Å². The molecule has 2 aromatic rings. The van der Waals surface area contributed by atoms with Gasteiger partial charge in [-0.15, -0.1) is 0 Å². The Hall–Kier alpha value is -3.85. The summed E-state index contributed by atoms with van der Waals surface area (Å²) in [6.45, 7) is 3.32. The van der Waals surface area contributed by atoms with Crippen molar-refractivity contribution in [3.8, 4) is 17.2 Å². The molecular weight excluding hydrogens is 514 g/mol. The van der Waals surface area contributed by atoms with Crippen LogP contribution in [0.5, 0.6) is 17.2 Å². The first-order valence-electron chi connectivity index (χ1n) is 13.7. The highest BCUT2D eigenvalue weighted by Crippen LogP contribution is 2.44. The van der Waals surface area contributed by atoms with Crippen molar-refractivity contribution in [1.82, 2.24) is 5.32 Å². The number of carbonyl (C=O) groups is 3. The zero-order valence-electron chi connectivity index (χ0n) is 23.3. The molecule has 0 fully saturated rings. The van der Waals surface area contributed by atoms with Crippen LogP contribution in [-0.4, -0.2) is 58.8 Å². The molecule has 0 spiro atoms. The number of ketones is 1. The molecule has 9 heteroatoms. The van der Waals surface area contributed by atoms with E-state index in [9.17, 15) is 29.7 Å². The van der Waals surface area contributed by atoms with E-state index in [-0.39, 0.29) is 41.2 Å². The Labute approximate surface area is 234 Å². The molecular formula is C31H39NO8. The monoisotopic (exact) mass is 553 g/mol. The molecule has 0 aromatic heterocycles. The number of nitrogens with one attached hydrogen (secondary N) is 1. The Balaban J connectivity index is 2.11. The van der Waals surface area contributed by atoms with Gasteiger partial charge >= 0.3 is 5.97 Å². The van der Waals surface area contributed by atoms with Crippen LogP contribution >= 0.6 is 0 Å². The van der Waals surface area contributed by atoms with Gasteiger partial charge in [-0.25, -0.2) is 4.79 Å². The number of hydrogen-bond donors (Lipinski definition) is 4. The third-order valence-electron chi connectivity index (χ3n) is 6.90.